The fourth-order valence-corrected chi connectivity index (χ4v) is 1.97. The molecule has 1 aromatic heterocycles. The monoisotopic (exact) mass is 241 g/mol. The van der Waals surface area contributed by atoms with Crippen LogP contribution in [0, 0.1) is 16.7 Å². The molecule has 0 atom stereocenters. The molecule has 0 radical (unpaired) electrons. The van der Waals surface area contributed by atoms with Crippen LogP contribution in [-0.4, -0.2) is 10.2 Å². The van der Waals surface area contributed by atoms with Crippen LogP contribution in [0.2, 0.25) is 0 Å². The minimum Gasteiger partial charge on any atom is -0.330 e. The van der Waals surface area contributed by atoms with Crippen LogP contribution < -0.4 is 5.32 Å². The average molecular weight is 241 g/mol. The van der Waals surface area contributed by atoms with E-state index in [9.17, 15) is 4.39 Å². The van der Waals surface area contributed by atoms with Crippen molar-refractivity contribution in [3.8, 4) is 0 Å². The zero-order valence-corrected chi connectivity index (χ0v) is 9.51. The molecule has 0 aliphatic rings. The lowest BCUT2D eigenvalue weighted by Gasteiger charge is -2.05. The summed E-state index contributed by atoms with van der Waals surface area (Å²) in [5.74, 6) is -0.243. The van der Waals surface area contributed by atoms with Crippen molar-refractivity contribution < 1.29 is 4.39 Å². The van der Waals surface area contributed by atoms with Gasteiger partial charge in [-0.05, 0) is 42.9 Å². The molecule has 0 aliphatic heterocycles. The van der Waals surface area contributed by atoms with Gasteiger partial charge in [0.15, 0.2) is 3.95 Å². The van der Waals surface area contributed by atoms with Crippen LogP contribution in [0.1, 0.15) is 5.56 Å². The Morgan fingerprint density at radius 2 is 2.33 bits per heavy atom. The molecular formula is C9H8FN3S2. The van der Waals surface area contributed by atoms with Crippen LogP contribution in [0.4, 0.5) is 15.2 Å². The van der Waals surface area contributed by atoms with E-state index in [4.69, 9.17) is 12.2 Å². The maximum absolute atomic E-state index is 12.8. The molecule has 3 nitrogen and oxygen atoms in total. The van der Waals surface area contributed by atoms with Crippen LogP contribution in [0.25, 0.3) is 0 Å². The highest BCUT2D eigenvalue weighted by atomic mass is 32.1. The Balaban J connectivity index is 2.28. The lowest BCUT2D eigenvalue weighted by molar-refractivity contribution is 0.627. The fourth-order valence-electron chi connectivity index (χ4n) is 1.17. The number of anilines is 2. The van der Waals surface area contributed by atoms with Gasteiger partial charge in [0.2, 0.25) is 5.13 Å². The molecule has 0 saturated heterocycles. The molecule has 0 unspecified atom stereocenters. The van der Waals surface area contributed by atoms with Gasteiger partial charge in [0.1, 0.15) is 5.82 Å². The van der Waals surface area contributed by atoms with Crippen LogP contribution in [-0.2, 0) is 0 Å². The predicted octanol–water partition coefficient (Wildman–Crippen LogP) is 3.39. The van der Waals surface area contributed by atoms with Gasteiger partial charge in [-0.2, -0.15) is 0 Å². The summed E-state index contributed by atoms with van der Waals surface area (Å²) in [6.07, 6.45) is 0. The lowest BCUT2D eigenvalue weighted by atomic mass is 10.2. The number of hydrogen-bond acceptors (Lipinski definition) is 4. The van der Waals surface area contributed by atoms with Crippen molar-refractivity contribution in [1.29, 1.82) is 0 Å². The van der Waals surface area contributed by atoms with Crippen molar-refractivity contribution >= 4 is 34.4 Å². The van der Waals surface area contributed by atoms with Gasteiger partial charge in [-0.3, -0.25) is 5.10 Å². The summed E-state index contributed by atoms with van der Waals surface area (Å²) in [6.45, 7) is 1.83. The Morgan fingerprint density at radius 3 is 2.93 bits per heavy atom. The molecule has 1 heterocycles. The van der Waals surface area contributed by atoms with Crippen molar-refractivity contribution in [3.05, 3.63) is 33.5 Å². The summed E-state index contributed by atoms with van der Waals surface area (Å²) in [6, 6.07) is 4.55. The molecule has 6 heteroatoms. The number of nitrogens with one attached hydrogen (secondary N) is 2. The molecule has 78 valence electrons. The summed E-state index contributed by atoms with van der Waals surface area (Å²) in [5.41, 5.74) is 1.66. The highest BCUT2D eigenvalue weighted by molar-refractivity contribution is 7.73. The quantitative estimate of drug-likeness (QED) is 0.792. The van der Waals surface area contributed by atoms with Gasteiger partial charge in [-0.15, -0.1) is 5.10 Å². The van der Waals surface area contributed by atoms with Gasteiger partial charge in [0.05, 0.1) is 0 Å². The third kappa shape index (κ3) is 2.40. The Bertz CT molecular complexity index is 532. The predicted molar refractivity (Wildman–Crippen MR) is 61.7 cm³/mol. The normalized spacial score (nSPS) is 10.3. The molecule has 0 bridgehead atoms. The molecule has 1 aromatic carbocycles. The number of halogens is 1. The number of rotatable bonds is 2. The topological polar surface area (TPSA) is 40.7 Å². The van der Waals surface area contributed by atoms with Crippen LogP contribution in [0.15, 0.2) is 18.2 Å². The Hall–Kier alpha value is -1.27. The van der Waals surface area contributed by atoms with E-state index in [2.05, 4.69) is 15.5 Å². The second kappa shape index (κ2) is 4.08. The first-order valence-corrected chi connectivity index (χ1v) is 5.46. The maximum atomic E-state index is 12.8. The van der Waals surface area contributed by atoms with E-state index in [1.54, 1.807) is 6.07 Å². The summed E-state index contributed by atoms with van der Waals surface area (Å²) >= 11 is 6.24. The molecular weight excluding hydrogens is 233 g/mol. The summed E-state index contributed by atoms with van der Waals surface area (Å²) in [5, 5.41) is 10.4. The van der Waals surface area contributed by atoms with Gasteiger partial charge in [0, 0.05) is 5.69 Å². The third-order valence-corrected chi connectivity index (χ3v) is 2.87. The Labute approximate surface area is 95.0 Å². The van der Waals surface area contributed by atoms with Crippen LogP contribution >= 0.6 is 23.6 Å². The smallest absolute Gasteiger partial charge is 0.208 e. The standard InChI is InChI=1S/C9H8FN3S2/c1-5-4-6(10)2-3-7(5)11-8-12-13-9(14)15-8/h2-4H,1H3,(H,11,12)(H,13,14). The van der Waals surface area contributed by atoms with Gasteiger partial charge in [0.25, 0.3) is 0 Å². The Morgan fingerprint density at radius 1 is 1.53 bits per heavy atom. The highest BCUT2D eigenvalue weighted by Gasteiger charge is 2.02. The number of aromatic amines is 1. The summed E-state index contributed by atoms with van der Waals surface area (Å²) < 4.78 is 13.4. The molecule has 2 N–H and O–H groups in total. The second-order valence-corrected chi connectivity index (χ2v) is 4.67. The summed E-state index contributed by atoms with van der Waals surface area (Å²) in [7, 11) is 0. The maximum Gasteiger partial charge on any atom is 0.208 e. The third-order valence-electron chi connectivity index (χ3n) is 1.87. The zero-order chi connectivity index (χ0) is 10.8. The fraction of sp³-hybridized carbons (Fsp3) is 0.111. The van der Waals surface area contributed by atoms with Crippen molar-refractivity contribution in [1.82, 2.24) is 10.2 Å². The van der Waals surface area contributed by atoms with Crippen LogP contribution in [0.5, 0.6) is 0 Å². The molecule has 0 saturated carbocycles. The van der Waals surface area contributed by atoms with Gasteiger partial charge in [-0.1, -0.05) is 11.3 Å². The largest absolute Gasteiger partial charge is 0.330 e. The van der Waals surface area contributed by atoms with E-state index >= 15 is 0 Å². The number of aromatic nitrogens is 2. The van der Waals surface area contributed by atoms with Crippen molar-refractivity contribution in [2.75, 3.05) is 5.32 Å². The average Bonchev–Trinajstić information content (AvgIpc) is 2.56. The van der Waals surface area contributed by atoms with Gasteiger partial charge < -0.3 is 5.32 Å². The van der Waals surface area contributed by atoms with E-state index in [0.717, 1.165) is 11.3 Å². The molecule has 0 aliphatic carbocycles. The number of H-pyrrole nitrogens is 1. The molecule has 2 rings (SSSR count). The molecule has 0 amide bonds. The first-order chi connectivity index (χ1) is 7.15. The molecule has 15 heavy (non-hydrogen) atoms. The first-order valence-electron chi connectivity index (χ1n) is 4.24. The first kappa shape index (κ1) is 10.3. The van der Waals surface area contributed by atoms with Gasteiger partial charge in [-0.25, -0.2) is 4.39 Å². The molecule has 0 spiro atoms. The minimum atomic E-state index is -0.243. The second-order valence-electron chi connectivity index (χ2n) is 3.00. The van der Waals surface area contributed by atoms with E-state index in [0.29, 0.717) is 9.09 Å². The number of benzene rings is 1. The molecule has 0 fully saturated rings. The lowest BCUT2D eigenvalue weighted by Crippen LogP contribution is -1.93. The Kier molecular flexibility index (Phi) is 2.79. The van der Waals surface area contributed by atoms with Gasteiger partial charge >= 0.3 is 0 Å². The number of aryl methyl sites for hydroxylation is 1. The summed E-state index contributed by atoms with van der Waals surface area (Å²) in [4.78, 5) is 0. The zero-order valence-electron chi connectivity index (χ0n) is 7.87. The van der Waals surface area contributed by atoms with E-state index in [1.807, 2.05) is 6.92 Å². The van der Waals surface area contributed by atoms with E-state index in [1.165, 1.54) is 23.5 Å². The minimum absolute atomic E-state index is 0.243. The van der Waals surface area contributed by atoms with Crippen LogP contribution in [0.3, 0.4) is 0 Å². The van der Waals surface area contributed by atoms with Crippen molar-refractivity contribution in [2.45, 2.75) is 6.92 Å². The van der Waals surface area contributed by atoms with Crippen molar-refractivity contribution in [3.63, 3.8) is 0 Å². The SMILES string of the molecule is Cc1cc(F)ccc1Nc1n[nH]c(=S)s1. The number of hydrogen-bond donors (Lipinski definition) is 2. The van der Waals surface area contributed by atoms with E-state index < -0.39 is 0 Å². The molecule has 2 aromatic rings. The number of nitrogens with zero attached hydrogens (tertiary/aromatic N) is 1. The van der Waals surface area contributed by atoms with E-state index in [-0.39, 0.29) is 5.82 Å². The highest BCUT2D eigenvalue weighted by Crippen LogP contribution is 2.22. The van der Waals surface area contributed by atoms with Crippen molar-refractivity contribution in [2.24, 2.45) is 0 Å².